The Labute approximate surface area is 208 Å². The fourth-order valence-corrected chi connectivity index (χ4v) is 7.44. The quantitative estimate of drug-likeness (QED) is 0.603. The zero-order chi connectivity index (χ0) is 24.1. The number of carbonyl (C=O) groups excluding carboxylic acids is 1. The Balaban J connectivity index is 1.33. The number of carbonyl (C=O) groups is 1. The maximum Gasteiger partial charge on any atom is 0.324 e. The lowest BCUT2D eigenvalue weighted by atomic mass is 9.89. The second-order valence-corrected chi connectivity index (χ2v) is 13.3. The highest BCUT2D eigenvalue weighted by Gasteiger charge is 2.33. The van der Waals surface area contributed by atoms with Crippen molar-refractivity contribution in [2.24, 2.45) is 0 Å². The molecule has 1 aliphatic heterocycles. The van der Waals surface area contributed by atoms with Gasteiger partial charge in [-0.3, -0.25) is 10.2 Å². The summed E-state index contributed by atoms with van der Waals surface area (Å²) in [7, 11) is -0.219. The first kappa shape index (κ1) is 25.8. The molecule has 192 valence electrons. The first-order chi connectivity index (χ1) is 16.3. The first-order valence-corrected chi connectivity index (χ1v) is 15.0. The van der Waals surface area contributed by atoms with Crippen molar-refractivity contribution in [2.45, 2.75) is 82.8 Å². The third-order valence-electron chi connectivity index (χ3n) is 7.44. The number of rotatable bonds is 7. The van der Waals surface area contributed by atoms with Crippen LogP contribution >= 0.6 is 11.3 Å². The van der Waals surface area contributed by atoms with Gasteiger partial charge in [0.15, 0.2) is 5.13 Å². The Morgan fingerprint density at radius 2 is 1.56 bits per heavy atom. The van der Waals surface area contributed by atoms with E-state index in [1.165, 1.54) is 58.5 Å². The fraction of sp³-hybridized carbons (Fsp3) is 0.826. The lowest BCUT2D eigenvalue weighted by Gasteiger charge is -2.41. The van der Waals surface area contributed by atoms with Crippen molar-refractivity contribution >= 4 is 32.7 Å². The molecule has 9 nitrogen and oxygen atoms in total. The third kappa shape index (κ3) is 6.29. The maximum atomic E-state index is 13.4. The van der Waals surface area contributed by atoms with Gasteiger partial charge in [-0.2, -0.15) is 17.0 Å². The van der Waals surface area contributed by atoms with Crippen LogP contribution in [0, 0.1) is 0 Å². The van der Waals surface area contributed by atoms with Crippen LogP contribution in [-0.4, -0.2) is 90.2 Å². The standard InChI is InChI=1S/C23H40N6O3S2/c1-26(2)34(31,32)28-15-13-27(14-16-28)18-21-17-24-22(33-21)25-23(30)29(19-9-5-3-6-10-19)20-11-7-4-8-12-20/h17,19-20H,3-16,18H2,1-2H3,(H,24,25,30). The van der Waals surface area contributed by atoms with Crippen molar-refractivity contribution in [1.29, 1.82) is 0 Å². The van der Waals surface area contributed by atoms with Gasteiger partial charge in [0, 0.05) is 70.0 Å². The summed E-state index contributed by atoms with van der Waals surface area (Å²) < 4.78 is 27.4. The Kier molecular flexibility index (Phi) is 8.84. The van der Waals surface area contributed by atoms with E-state index in [1.807, 2.05) is 6.20 Å². The molecule has 2 amide bonds. The van der Waals surface area contributed by atoms with Gasteiger partial charge in [-0.1, -0.05) is 38.5 Å². The molecule has 0 unspecified atom stereocenters. The number of hydrogen-bond acceptors (Lipinski definition) is 6. The zero-order valence-corrected chi connectivity index (χ0v) is 22.2. The second-order valence-electron chi connectivity index (χ2n) is 10.0. The topological polar surface area (TPSA) is 89.1 Å². The molecule has 0 bridgehead atoms. The van der Waals surface area contributed by atoms with E-state index in [2.05, 4.69) is 20.1 Å². The summed E-state index contributed by atoms with van der Waals surface area (Å²) in [4.78, 5) is 23.4. The van der Waals surface area contributed by atoms with Gasteiger partial charge in [-0.05, 0) is 25.7 Å². The predicted molar refractivity (Wildman–Crippen MR) is 136 cm³/mol. The van der Waals surface area contributed by atoms with Crippen molar-refractivity contribution in [3.63, 3.8) is 0 Å². The summed E-state index contributed by atoms with van der Waals surface area (Å²) in [6, 6.07) is 0.722. The van der Waals surface area contributed by atoms with E-state index in [9.17, 15) is 13.2 Å². The molecule has 2 aliphatic carbocycles. The second kappa shape index (κ2) is 11.6. The normalized spacial score (nSPS) is 22.2. The van der Waals surface area contributed by atoms with E-state index in [4.69, 9.17) is 0 Å². The smallest absolute Gasteiger partial charge is 0.319 e. The van der Waals surface area contributed by atoms with E-state index in [0.29, 0.717) is 43.4 Å². The maximum absolute atomic E-state index is 13.4. The summed E-state index contributed by atoms with van der Waals surface area (Å²) in [5.41, 5.74) is 0. The molecular formula is C23H40N6O3S2. The Bertz CT molecular complexity index is 884. The Morgan fingerprint density at radius 3 is 2.09 bits per heavy atom. The molecule has 34 heavy (non-hydrogen) atoms. The largest absolute Gasteiger partial charge is 0.324 e. The molecule has 11 heteroatoms. The van der Waals surface area contributed by atoms with Crippen molar-refractivity contribution in [1.82, 2.24) is 23.4 Å². The highest BCUT2D eigenvalue weighted by atomic mass is 32.2. The van der Waals surface area contributed by atoms with Crippen molar-refractivity contribution in [3.8, 4) is 0 Å². The van der Waals surface area contributed by atoms with E-state index in [1.54, 1.807) is 14.1 Å². The predicted octanol–water partition coefficient (Wildman–Crippen LogP) is 3.57. The van der Waals surface area contributed by atoms with Crippen LogP contribution in [0.3, 0.4) is 0 Å². The highest BCUT2D eigenvalue weighted by molar-refractivity contribution is 7.86. The van der Waals surface area contributed by atoms with E-state index in [0.717, 1.165) is 37.1 Å². The summed E-state index contributed by atoms with van der Waals surface area (Å²) in [6.45, 7) is 3.06. The van der Waals surface area contributed by atoms with Gasteiger partial charge in [0.05, 0.1) is 0 Å². The molecule has 4 rings (SSSR count). The molecule has 2 heterocycles. The number of aromatic nitrogens is 1. The summed E-state index contributed by atoms with van der Waals surface area (Å²) >= 11 is 1.53. The van der Waals surface area contributed by atoms with Gasteiger partial charge in [0.1, 0.15) is 0 Å². The third-order valence-corrected chi connectivity index (χ3v) is 10.3. The molecule has 2 saturated carbocycles. The van der Waals surface area contributed by atoms with Crippen molar-refractivity contribution < 1.29 is 13.2 Å². The summed E-state index contributed by atoms with van der Waals surface area (Å²) in [5, 5.41) is 3.77. The van der Waals surface area contributed by atoms with Gasteiger partial charge in [0.25, 0.3) is 10.2 Å². The first-order valence-electron chi connectivity index (χ1n) is 12.8. The van der Waals surface area contributed by atoms with Gasteiger partial charge in [0.2, 0.25) is 0 Å². The molecule has 1 aromatic heterocycles. The molecular weight excluding hydrogens is 472 g/mol. The Morgan fingerprint density at radius 1 is 1.00 bits per heavy atom. The van der Waals surface area contributed by atoms with Crippen LogP contribution in [0.2, 0.25) is 0 Å². The number of nitrogens with zero attached hydrogens (tertiary/aromatic N) is 5. The summed E-state index contributed by atoms with van der Waals surface area (Å²) in [5.74, 6) is 0. The summed E-state index contributed by atoms with van der Waals surface area (Å²) in [6.07, 6.45) is 13.7. The molecule has 0 atom stereocenters. The lowest BCUT2D eigenvalue weighted by Crippen LogP contribution is -2.51. The monoisotopic (exact) mass is 512 g/mol. The van der Waals surface area contributed by atoms with Gasteiger partial charge < -0.3 is 4.90 Å². The van der Waals surface area contributed by atoms with E-state index >= 15 is 0 Å². The van der Waals surface area contributed by atoms with Gasteiger partial charge in [-0.15, -0.1) is 11.3 Å². The number of amides is 2. The molecule has 1 N–H and O–H groups in total. The average molecular weight is 513 g/mol. The molecule has 0 radical (unpaired) electrons. The number of anilines is 1. The SMILES string of the molecule is CN(C)S(=O)(=O)N1CCN(Cc2cnc(NC(=O)N(C3CCCCC3)C3CCCCC3)s2)CC1. The number of urea groups is 1. The zero-order valence-electron chi connectivity index (χ0n) is 20.6. The van der Waals surface area contributed by atoms with Crippen LogP contribution in [0.5, 0.6) is 0 Å². The van der Waals surface area contributed by atoms with E-state index in [-0.39, 0.29) is 6.03 Å². The molecule has 0 spiro atoms. The number of nitrogens with one attached hydrogen (secondary N) is 1. The number of thiazole rings is 1. The minimum atomic E-state index is -3.35. The highest BCUT2D eigenvalue weighted by Crippen LogP contribution is 2.31. The number of hydrogen-bond donors (Lipinski definition) is 1. The van der Waals surface area contributed by atoms with Crippen LogP contribution in [-0.2, 0) is 16.8 Å². The fourth-order valence-electron chi connectivity index (χ4n) is 5.51. The van der Waals surface area contributed by atoms with Gasteiger partial charge >= 0.3 is 6.03 Å². The minimum absolute atomic E-state index is 0.0159. The molecule has 1 saturated heterocycles. The number of piperazine rings is 1. The molecule has 0 aromatic carbocycles. The van der Waals surface area contributed by atoms with Gasteiger partial charge in [-0.25, -0.2) is 9.78 Å². The lowest BCUT2D eigenvalue weighted by molar-refractivity contribution is 0.114. The van der Waals surface area contributed by atoms with Crippen molar-refractivity contribution in [2.75, 3.05) is 45.6 Å². The Hall–Kier alpha value is -1.27. The van der Waals surface area contributed by atoms with Crippen LogP contribution < -0.4 is 5.32 Å². The molecule has 3 fully saturated rings. The molecule has 1 aromatic rings. The van der Waals surface area contributed by atoms with Crippen molar-refractivity contribution in [3.05, 3.63) is 11.1 Å². The van der Waals surface area contributed by atoms with E-state index < -0.39 is 10.2 Å². The van der Waals surface area contributed by atoms with Crippen LogP contribution in [0.1, 0.15) is 69.1 Å². The van der Waals surface area contributed by atoms with Crippen LogP contribution in [0.25, 0.3) is 0 Å². The average Bonchev–Trinajstić information content (AvgIpc) is 3.27. The van der Waals surface area contributed by atoms with Crippen LogP contribution in [0.4, 0.5) is 9.93 Å². The minimum Gasteiger partial charge on any atom is -0.319 e. The molecule has 3 aliphatic rings. The van der Waals surface area contributed by atoms with Crippen LogP contribution in [0.15, 0.2) is 6.20 Å².